The normalized spacial score (nSPS) is 15.1. The van der Waals surface area contributed by atoms with Crippen LogP contribution >= 0.6 is 0 Å². The van der Waals surface area contributed by atoms with Crippen molar-refractivity contribution in [3.8, 4) is 5.75 Å². The molecule has 1 aromatic heterocycles. The highest BCUT2D eigenvalue weighted by atomic mass is 16.5. The second kappa shape index (κ2) is 5.80. The molecule has 0 saturated carbocycles. The van der Waals surface area contributed by atoms with Crippen molar-refractivity contribution < 1.29 is 4.74 Å². The Balaban J connectivity index is 2.28. The Kier molecular flexibility index (Phi) is 4.29. The van der Waals surface area contributed by atoms with E-state index in [0.717, 1.165) is 23.1 Å². The van der Waals surface area contributed by atoms with E-state index in [1.807, 2.05) is 30.3 Å². The molecule has 0 amide bonds. The minimum Gasteiger partial charge on any atom is -0.488 e. The molecule has 0 spiro atoms. The monoisotopic (exact) mass is 272 g/mol. The van der Waals surface area contributed by atoms with E-state index in [1.165, 1.54) is 0 Å². The Labute approximate surface area is 121 Å². The smallest absolute Gasteiger partial charge is 0.122 e. The van der Waals surface area contributed by atoms with Gasteiger partial charge in [0.05, 0.1) is 5.52 Å². The van der Waals surface area contributed by atoms with Gasteiger partial charge in [0.25, 0.3) is 0 Å². The molecule has 0 aliphatic heterocycles. The van der Waals surface area contributed by atoms with Crippen molar-refractivity contribution in [1.82, 2.24) is 4.98 Å². The van der Waals surface area contributed by atoms with Gasteiger partial charge in [0.15, 0.2) is 0 Å². The molecule has 2 atom stereocenters. The largest absolute Gasteiger partial charge is 0.488 e. The summed E-state index contributed by atoms with van der Waals surface area (Å²) in [6.07, 6.45) is 2.67. The van der Waals surface area contributed by atoms with E-state index in [-0.39, 0.29) is 17.6 Å². The SMILES string of the molecule is CCC(N)C(Oc1ccc2cccnc2c1)C(C)(C)C. The minimum absolute atomic E-state index is 0.00546. The zero-order valence-electron chi connectivity index (χ0n) is 12.8. The van der Waals surface area contributed by atoms with Crippen molar-refractivity contribution in [2.45, 2.75) is 46.3 Å². The summed E-state index contributed by atoms with van der Waals surface area (Å²) < 4.78 is 6.17. The number of nitrogens with zero attached hydrogens (tertiary/aromatic N) is 1. The lowest BCUT2D eigenvalue weighted by atomic mass is 9.84. The molecular weight excluding hydrogens is 248 g/mol. The molecule has 2 aromatic rings. The number of ether oxygens (including phenoxy) is 1. The third-order valence-corrected chi connectivity index (χ3v) is 3.55. The molecule has 3 heteroatoms. The summed E-state index contributed by atoms with van der Waals surface area (Å²) in [7, 11) is 0. The Bertz CT molecular complexity index is 574. The van der Waals surface area contributed by atoms with E-state index in [0.29, 0.717) is 0 Å². The average molecular weight is 272 g/mol. The van der Waals surface area contributed by atoms with Crippen LogP contribution in [0.3, 0.4) is 0 Å². The van der Waals surface area contributed by atoms with Crippen molar-refractivity contribution in [2.75, 3.05) is 0 Å². The van der Waals surface area contributed by atoms with Crippen molar-refractivity contribution in [2.24, 2.45) is 11.1 Å². The Hall–Kier alpha value is -1.61. The third kappa shape index (κ3) is 3.28. The van der Waals surface area contributed by atoms with Crippen molar-refractivity contribution in [3.05, 3.63) is 36.5 Å². The molecule has 108 valence electrons. The summed E-state index contributed by atoms with van der Waals surface area (Å²) in [5, 5.41) is 1.12. The fraction of sp³-hybridized carbons (Fsp3) is 0.471. The minimum atomic E-state index is -0.0198. The summed E-state index contributed by atoms with van der Waals surface area (Å²) in [5.41, 5.74) is 7.16. The predicted octanol–water partition coefficient (Wildman–Crippen LogP) is 3.77. The van der Waals surface area contributed by atoms with Crippen LogP contribution in [0, 0.1) is 5.41 Å². The quantitative estimate of drug-likeness (QED) is 0.921. The van der Waals surface area contributed by atoms with Crippen LogP contribution in [0.4, 0.5) is 0 Å². The van der Waals surface area contributed by atoms with Gasteiger partial charge in [0.2, 0.25) is 0 Å². The predicted molar refractivity (Wildman–Crippen MR) is 83.9 cm³/mol. The summed E-state index contributed by atoms with van der Waals surface area (Å²) in [5.74, 6) is 0.833. The first-order valence-corrected chi connectivity index (χ1v) is 7.19. The number of rotatable bonds is 4. The first-order valence-electron chi connectivity index (χ1n) is 7.19. The van der Waals surface area contributed by atoms with Crippen LogP contribution in [-0.4, -0.2) is 17.1 Å². The zero-order chi connectivity index (χ0) is 14.8. The number of fused-ring (bicyclic) bond motifs is 1. The Morgan fingerprint density at radius 2 is 2.00 bits per heavy atom. The molecule has 0 saturated heterocycles. The fourth-order valence-corrected chi connectivity index (χ4v) is 2.39. The first-order chi connectivity index (χ1) is 9.41. The molecular formula is C17H24N2O. The molecule has 3 nitrogen and oxygen atoms in total. The maximum Gasteiger partial charge on any atom is 0.122 e. The zero-order valence-corrected chi connectivity index (χ0v) is 12.8. The Morgan fingerprint density at radius 1 is 1.25 bits per heavy atom. The van der Waals surface area contributed by atoms with Gasteiger partial charge in [-0.1, -0.05) is 33.8 Å². The van der Waals surface area contributed by atoms with Gasteiger partial charge in [0.1, 0.15) is 11.9 Å². The first kappa shape index (κ1) is 14.8. The molecule has 2 rings (SSSR count). The van der Waals surface area contributed by atoms with E-state index < -0.39 is 0 Å². The fourth-order valence-electron chi connectivity index (χ4n) is 2.39. The van der Waals surface area contributed by atoms with Crippen molar-refractivity contribution >= 4 is 10.9 Å². The summed E-state index contributed by atoms with van der Waals surface area (Å²) in [6.45, 7) is 8.57. The molecule has 0 radical (unpaired) electrons. The average Bonchev–Trinajstić information content (AvgIpc) is 2.42. The molecule has 1 aromatic carbocycles. The number of aromatic nitrogens is 1. The van der Waals surface area contributed by atoms with Gasteiger partial charge >= 0.3 is 0 Å². The van der Waals surface area contributed by atoms with Crippen LogP contribution in [0.15, 0.2) is 36.5 Å². The number of hydrogen-bond donors (Lipinski definition) is 1. The van der Waals surface area contributed by atoms with Crippen molar-refractivity contribution in [3.63, 3.8) is 0 Å². The molecule has 0 aliphatic carbocycles. The molecule has 1 heterocycles. The second-order valence-electron chi connectivity index (χ2n) is 6.33. The van der Waals surface area contributed by atoms with E-state index >= 15 is 0 Å². The van der Waals surface area contributed by atoms with Crippen LogP contribution in [0.25, 0.3) is 10.9 Å². The lowest BCUT2D eigenvalue weighted by molar-refractivity contribution is 0.0623. The topological polar surface area (TPSA) is 48.1 Å². The van der Waals surface area contributed by atoms with Gasteiger partial charge in [-0.2, -0.15) is 0 Å². The van der Waals surface area contributed by atoms with Gasteiger partial charge in [0, 0.05) is 29.1 Å². The lowest BCUT2D eigenvalue weighted by Crippen LogP contribution is -2.47. The van der Waals surface area contributed by atoms with E-state index in [9.17, 15) is 0 Å². The van der Waals surface area contributed by atoms with Crippen LogP contribution < -0.4 is 10.5 Å². The van der Waals surface area contributed by atoms with Crippen LogP contribution in [-0.2, 0) is 0 Å². The second-order valence-corrected chi connectivity index (χ2v) is 6.33. The summed E-state index contributed by atoms with van der Waals surface area (Å²) in [4.78, 5) is 4.37. The van der Waals surface area contributed by atoms with Crippen LogP contribution in [0.2, 0.25) is 0 Å². The highest BCUT2D eigenvalue weighted by Crippen LogP contribution is 2.29. The van der Waals surface area contributed by atoms with Gasteiger partial charge < -0.3 is 10.5 Å². The summed E-state index contributed by atoms with van der Waals surface area (Å²) >= 11 is 0. The number of hydrogen-bond acceptors (Lipinski definition) is 3. The number of nitrogens with two attached hydrogens (primary N) is 1. The Morgan fingerprint density at radius 3 is 2.65 bits per heavy atom. The van der Waals surface area contributed by atoms with Gasteiger partial charge in [-0.25, -0.2) is 0 Å². The maximum atomic E-state index is 6.22. The molecule has 0 bridgehead atoms. The van der Waals surface area contributed by atoms with Gasteiger partial charge in [-0.3, -0.25) is 4.98 Å². The van der Waals surface area contributed by atoms with Crippen LogP contribution in [0.1, 0.15) is 34.1 Å². The van der Waals surface area contributed by atoms with Crippen molar-refractivity contribution in [1.29, 1.82) is 0 Å². The number of pyridine rings is 1. The molecule has 2 N–H and O–H groups in total. The third-order valence-electron chi connectivity index (χ3n) is 3.55. The molecule has 0 aliphatic rings. The lowest BCUT2D eigenvalue weighted by Gasteiger charge is -2.35. The molecule has 2 unspecified atom stereocenters. The highest BCUT2D eigenvalue weighted by molar-refractivity contribution is 5.79. The number of benzene rings is 1. The van der Waals surface area contributed by atoms with E-state index in [1.54, 1.807) is 6.20 Å². The van der Waals surface area contributed by atoms with Gasteiger partial charge in [-0.15, -0.1) is 0 Å². The standard InChI is InChI=1S/C17H24N2O/c1-5-14(18)16(17(2,3)4)20-13-9-8-12-7-6-10-19-15(12)11-13/h6-11,14,16H,5,18H2,1-4H3. The van der Waals surface area contributed by atoms with Gasteiger partial charge in [-0.05, 0) is 24.6 Å². The van der Waals surface area contributed by atoms with E-state index in [2.05, 4.69) is 32.7 Å². The van der Waals surface area contributed by atoms with Crippen LogP contribution in [0.5, 0.6) is 5.75 Å². The van der Waals surface area contributed by atoms with E-state index in [4.69, 9.17) is 10.5 Å². The summed E-state index contributed by atoms with van der Waals surface area (Å²) in [6, 6.07) is 10.0. The molecule has 20 heavy (non-hydrogen) atoms. The molecule has 0 fully saturated rings. The highest BCUT2D eigenvalue weighted by Gasteiger charge is 2.31. The maximum absolute atomic E-state index is 6.22.